The van der Waals surface area contributed by atoms with Crippen LogP contribution in [0.5, 0.6) is 0 Å². The Kier molecular flexibility index (Phi) is 7.38. The highest BCUT2D eigenvalue weighted by atomic mass is 32.1. The Morgan fingerprint density at radius 1 is 1.10 bits per heavy atom. The maximum absolute atomic E-state index is 12.1. The van der Waals surface area contributed by atoms with E-state index in [1.54, 1.807) is 30.5 Å². The Morgan fingerprint density at radius 2 is 1.79 bits per heavy atom. The number of hydrogen-bond donors (Lipinski definition) is 1. The fourth-order valence-electron chi connectivity index (χ4n) is 3.14. The molecule has 3 rings (SSSR count). The molecule has 1 N–H and O–H groups in total. The fourth-order valence-corrected chi connectivity index (χ4v) is 3.93. The molecule has 1 aromatic carbocycles. The molecule has 1 aliphatic heterocycles. The van der Waals surface area contributed by atoms with E-state index in [-0.39, 0.29) is 6.61 Å². The number of benzene rings is 1. The molecule has 0 radical (unpaired) electrons. The number of guanidine groups is 1. The molecule has 2 aromatic rings. The first-order valence-electron chi connectivity index (χ1n) is 9.41. The summed E-state index contributed by atoms with van der Waals surface area (Å²) in [5, 5.41) is 6.76. The molecular weight excluding hydrogens is 401 g/mol. The Labute approximate surface area is 172 Å². The van der Waals surface area contributed by atoms with Gasteiger partial charge >= 0.3 is 6.18 Å². The number of nitrogens with one attached hydrogen (secondary N) is 1. The highest BCUT2D eigenvalue weighted by molar-refractivity contribution is 7.14. The van der Waals surface area contributed by atoms with Crippen molar-refractivity contribution >= 4 is 22.3 Å². The van der Waals surface area contributed by atoms with Crippen LogP contribution < -0.4 is 10.2 Å². The summed E-state index contributed by atoms with van der Waals surface area (Å²) in [4.78, 5) is 9.01. The molecule has 1 saturated heterocycles. The number of alkyl halides is 3. The average molecular weight is 427 g/mol. The van der Waals surface area contributed by atoms with Crippen LogP contribution in [0.4, 0.5) is 18.2 Å². The molecule has 5 nitrogen and oxygen atoms in total. The van der Waals surface area contributed by atoms with E-state index in [2.05, 4.69) is 42.4 Å². The van der Waals surface area contributed by atoms with Crippen LogP contribution in [0.25, 0.3) is 0 Å². The van der Waals surface area contributed by atoms with Crippen molar-refractivity contribution in [1.29, 1.82) is 0 Å². The second-order valence-corrected chi connectivity index (χ2v) is 7.68. The van der Waals surface area contributed by atoms with Crippen LogP contribution in [0.3, 0.4) is 0 Å². The summed E-state index contributed by atoms with van der Waals surface area (Å²) in [5.74, 6) is 0.855. The Hall–Kier alpha value is -2.26. The molecule has 1 fully saturated rings. The molecule has 1 aliphatic rings. The van der Waals surface area contributed by atoms with Crippen molar-refractivity contribution in [1.82, 2.24) is 10.2 Å². The first kappa shape index (κ1) is 21.4. The zero-order chi connectivity index (χ0) is 20.7. The number of ether oxygens (including phenoxy) is 1. The first-order valence-corrected chi connectivity index (χ1v) is 10.3. The summed E-state index contributed by atoms with van der Waals surface area (Å²) in [6.45, 7) is 3.01. The highest BCUT2D eigenvalue weighted by Crippen LogP contribution is 2.22. The van der Waals surface area contributed by atoms with Gasteiger partial charge in [-0.25, -0.2) is 0 Å². The predicted molar refractivity (Wildman–Crippen MR) is 110 cm³/mol. The van der Waals surface area contributed by atoms with Gasteiger partial charge in [0.25, 0.3) is 0 Å². The molecule has 2 heterocycles. The molecule has 158 valence electrons. The van der Waals surface area contributed by atoms with Crippen molar-refractivity contribution in [3.05, 3.63) is 52.9 Å². The summed E-state index contributed by atoms with van der Waals surface area (Å²) in [5.41, 5.74) is 1.75. The molecule has 0 aliphatic carbocycles. The third kappa shape index (κ3) is 6.64. The van der Waals surface area contributed by atoms with Gasteiger partial charge in [-0.15, -0.1) is 11.3 Å². The molecule has 9 heteroatoms. The van der Waals surface area contributed by atoms with E-state index in [9.17, 15) is 13.2 Å². The van der Waals surface area contributed by atoms with Crippen molar-refractivity contribution < 1.29 is 17.9 Å². The van der Waals surface area contributed by atoms with E-state index in [1.807, 2.05) is 12.1 Å². The van der Waals surface area contributed by atoms with Crippen molar-refractivity contribution in [3.63, 3.8) is 0 Å². The summed E-state index contributed by atoms with van der Waals surface area (Å²) in [6, 6.07) is 11.6. The number of anilines is 1. The molecule has 29 heavy (non-hydrogen) atoms. The second kappa shape index (κ2) is 9.98. The van der Waals surface area contributed by atoms with E-state index in [0.717, 1.165) is 37.7 Å². The third-order valence-electron chi connectivity index (χ3n) is 4.62. The van der Waals surface area contributed by atoms with Crippen LogP contribution in [0, 0.1) is 0 Å². The lowest BCUT2D eigenvalue weighted by molar-refractivity contribution is -0.176. The SMILES string of the molecule is CN=C(NCc1ccc(COCC(F)(F)F)cc1)N1CCN(c2cccs2)CC1. The van der Waals surface area contributed by atoms with Gasteiger partial charge in [-0.3, -0.25) is 4.99 Å². The molecule has 0 bridgehead atoms. The Balaban J connectivity index is 1.43. The highest BCUT2D eigenvalue weighted by Gasteiger charge is 2.27. The predicted octanol–water partition coefficient (Wildman–Crippen LogP) is 3.72. The normalized spacial score (nSPS) is 15.7. The molecule has 0 atom stereocenters. The van der Waals surface area contributed by atoms with Crippen LogP contribution in [-0.4, -0.2) is 56.9 Å². The van der Waals surface area contributed by atoms with Gasteiger partial charge in [-0.1, -0.05) is 24.3 Å². The van der Waals surface area contributed by atoms with Crippen molar-refractivity contribution in [2.45, 2.75) is 19.3 Å². The second-order valence-electron chi connectivity index (χ2n) is 6.75. The summed E-state index contributed by atoms with van der Waals surface area (Å²) in [6.07, 6.45) is -4.30. The molecular formula is C20H25F3N4OS. The topological polar surface area (TPSA) is 40.1 Å². The van der Waals surface area contributed by atoms with Crippen LogP contribution in [0.15, 0.2) is 46.8 Å². The lowest BCUT2D eigenvalue weighted by Crippen LogP contribution is -2.52. The number of piperazine rings is 1. The Bertz CT molecular complexity index is 770. The van der Waals surface area contributed by atoms with Gasteiger partial charge in [0.15, 0.2) is 5.96 Å². The minimum absolute atomic E-state index is 0.0522. The van der Waals surface area contributed by atoms with Crippen LogP contribution in [-0.2, 0) is 17.9 Å². The number of hydrogen-bond acceptors (Lipinski definition) is 4. The maximum atomic E-state index is 12.1. The summed E-state index contributed by atoms with van der Waals surface area (Å²) in [7, 11) is 1.77. The van der Waals surface area contributed by atoms with Crippen LogP contribution in [0.2, 0.25) is 0 Å². The largest absolute Gasteiger partial charge is 0.411 e. The standard InChI is InChI=1S/C20H25F3N4OS/c1-24-19(27-10-8-26(9-11-27)18-3-2-12-29-18)25-13-16-4-6-17(7-5-16)14-28-15-20(21,22)23/h2-7,12H,8-11,13-15H2,1H3,(H,24,25). The van der Waals surface area contributed by atoms with Crippen LogP contribution in [0.1, 0.15) is 11.1 Å². The van der Waals surface area contributed by atoms with Gasteiger partial charge in [0, 0.05) is 39.8 Å². The smallest absolute Gasteiger partial charge is 0.367 e. The minimum Gasteiger partial charge on any atom is -0.367 e. The van der Waals surface area contributed by atoms with Crippen molar-refractivity contribution in [2.75, 3.05) is 44.7 Å². The van der Waals surface area contributed by atoms with Gasteiger partial charge in [0.1, 0.15) is 6.61 Å². The number of halogens is 3. The fraction of sp³-hybridized carbons (Fsp3) is 0.450. The third-order valence-corrected chi connectivity index (χ3v) is 5.55. The zero-order valence-corrected chi connectivity index (χ0v) is 17.1. The lowest BCUT2D eigenvalue weighted by atomic mass is 10.1. The molecule has 0 amide bonds. The molecule has 0 saturated carbocycles. The van der Waals surface area contributed by atoms with Crippen molar-refractivity contribution in [2.24, 2.45) is 4.99 Å². The first-order chi connectivity index (χ1) is 13.9. The summed E-state index contributed by atoms with van der Waals surface area (Å²) >= 11 is 1.76. The minimum atomic E-state index is -4.30. The van der Waals surface area contributed by atoms with Crippen molar-refractivity contribution in [3.8, 4) is 0 Å². The zero-order valence-electron chi connectivity index (χ0n) is 16.3. The van der Waals surface area contributed by atoms with E-state index in [4.69, 9.17) is 0 Å². The maximum Gasteiger partial charge on any atom is 0.411 e. The van der Waals surface area contributed by atoms with Gasteiger partial charge in [0.05, 0.1) is 11.6 Å². The van der Waals surface area contributed by atoms with E-state index in [1.165, 1.54) is 5.00 Å². The van der Waals surface area contributed by atoms with E-state index >= 15 is 0 Å². The number of rotatable bonds is 6. The number of aliphatic imine (C=N–C) groups is 1. The Morgan fingerprint density at radius 3 is 2.38 bits per heavy atom. The summed E-state index contributed by atoms with van der Waals surface area (Å²) < 4.78 is 41.1. The van der Waals surface area contributed by atoms with Gasteiger partial charge in [-0.05, 0) is 28.6 Å². The monoisotopic (exact) mass is 426 g/mol. The molecule has 1 aromatic heterocycles. The van der Waals surface area contributed by atoms with E-state index in [0.29, 0.717) is 12.1 Å². The van der Waals surface area contributed by atoms with Gasteiger partial charge in [0.2, 0.25) is 0 Å². The van der Waals surface area contributed by atoms with Gasteiger partial charge in [-0.2, -0.15) is 13.2 Å². The average Bonchev–Trinajstić information content (AvgIpc) is 3.24. The van der Waals surface area contributed by atoms with E-state index < -0.39 is 12.8 Å². The number of nitrogens with zero attached hydrogens (tertiary/aromatic N) is 3. The van der Waals surface area contributed by atoms with Gasteiger partial charge < -0.3 is 19.9 Å². The number of thiophene rings is 1. The lowest BCUT2D eigenvalue weighted by Gasteiger charge is -2.37. The molecule has 0 spiro atoms. The quantitative estimate of drug-likeness (QED) is 0.565. The molecule has 0 unspecified atom stereocenters. The van der Waals surface area contributed by atoms with Crippen LogP contribution >= 0.6 is 11.3 Å².